The molecule has 0 aliphatic heterocycles. The first-order valence-corrected chi connectivity index (χ1v) is 4.86. The third-order valence-corrected chi connectivity index (χ3v) is 2.32. The minimum Gasteiger partial charge on any atom is -0.384 e. The molecule has 2 aromatic rings. The Kier molecular flexibility index (Phi) is 2.75. The lowest BCUT2D eigenvalue weighted by molar-refractivity contribution is -0.137. The zero-order chi connectivity index (χ0) is 12.5. The summed E-state index contributed by atoms with van der Waals surface area (Å²) in [5.74, 6) is 0.0665. The summed E-state index contributed by atoms with van der Waals surface area (Å²) in [6.07, 6.45) is -3.68. The lowest BCUT2D eigenvalue weighted by Crippen LogP contribution is -2.08. The molecule has 0 fully saturated rings. The van der Waals surface area contributed by atoms with Crippen molar-refractivity contribution in [2.24, 2.45) is 0 Å². The second-order valence-electron chi connectivity index (χ2n) is 3.52. The number of hydrogen-bond donors (Lipinski definition) is 1. The Morgan fingerprint density at radius 2 is 1.71 bits per heavy atom. The molecule has 0 spiro atoms. The molecular weight excluding hydrogens is 229 g/mol. The van der Waals surface area contributed by atoms with Gasteiger partial charge >= 0.3 is 6.18 Å². The molecule has 0 radical (unpaired) electrons. The van der Waals surface area contributed by atoms with E-state index in [9.17, 15) is 13.2 Å². The standard InChI is InChI=1S/C12H9F3N2/c13-12(14,15)10-7-17-11(16)6-9(10)8-4-2-1-3-5-8/h1-7H,(H2,16,17). The molecule has 1 aromatic heterocycles. The van der Waals surface area contributed by atoms with Crippen LogP contribution in [0.4, 0.5) is 19.0 Å². The smallest absolute Gasteiger partial charge is 0.384 e. The molecule has 17 heavy (non-hydrogen) atoms. The number of nitrogens with zero attached hydrogens (tertiary/aromatic N) is 1. The fourth-order valence-corrected chi connectivity index (χ4v) is 1.55. The van der Waals surface area contributed by atoms with Gasteiger partial charge in [0.25, 0.3) is 0 Å². The monoisotopic (exact) mass is 238 g/mol. The van der Waals surface area contributed by atoms with E-state index in [0.29, 0.717) is 5.56 Å². The zero-order valence-electron chi connectivity index (χ0n) is 8.70. The van der Waals surface area contributed by atoms with Crippen LogP contribution in [0.25, 0.3) is 11.1 Å². The van der Waals surface area contributed by atoms with Crippen molar-refractivity contribution in [3.05, 3.63) is 48.2 Å². The van der Waals surface area contributed by atoms with Crippen LogP contribution in [0.3, 0.4) is 0 Å². The minimum atomic E-state index is -4.44. The van der Waals surface area contributed by atoms with Crippen molar-refractivity contribution in [1.29, 1.82) is 0 Å². The van der Waals surface area contributed by atoms with Gasteiger partial charge in [-0.25, -0.2) is 4.98 Å². The molecule has 0 aliphatic carbocycles. The number of aromatic nitrogens is 1. The average molecular weight is 238 g/mol. The highest BCUT2D eigenvalue weighted by atomic mass is 19.4. The molecular formula is C12H9F3N2. The van der Waals surface area contributed by atoms with E-state index in [1.807, 2.05) is 0 Å². The molecule has 0 amide bonds. The molecule has 2 N–H and O–H groups in total. The van der Waals surface area contributed by atoms with E-state index in [2.05, 4.69) is 4.98 Å². The Bertz CT molecular complexity index is 521. The number of pyridine rings is 1. The van der Waals surface area contributed by atoms with Crippen molar-refractivity contribution in [2.75, 3.05) is 5.73 Å². The summed E-state index contributed by atoms with van der Waals surface area (Å²) in [4.78, 5) is 3.49. The van der Waals surface area contributed by atoms with Crippen LogP contribution in [0, 0.1) is 0 Å². The zero-order valence-corrected chi connectivity index (χ0v) is 8.70. The van der Waals surface area contributed by atoms with Crippen LogP contribution in [-0.4, -0.2) is 4.98 Å². The molecule has 0 saturated carbocycles. The molecule has 0 atom stereocenters. The van der Waals surface area contributed by atoms with Crippen molar-refractivity contribution in [3.63, 3.8) is 0 Å². The maximum absolute atomic E-state index is 12.8. The van der Waals surface area contributed by atoms with E-state index >= 15 is 0 Å². The number of halogens is 3. The SMILES string of the molecule is Nc1cc(-c2ccccc2)c(C(F)(F)F)cn1. The first-order valence-electron chi connectivity index (χ1n) is 4.86. The summed E-state index contributed by atoms with van der Waals surface area (Å²) in [7, 11) is 0. The Morgan fingerprint density at radius 3 is 2.29 bits per heavy atom. The molecule has 5 heteroatoms. The van der Waals surface area contributed by atoms with Crippen LogP contribution in [0.1, 0.15) is 5.56 Å². The molecule has 0 saturated heterocycles. The number of nitrogen functional groups attached to an aromatic ring is 1. The molecule has 1 aromatic carbocycles. The lowest BCUT2D eigenvalue weighted by Gasteiger charge is -2.12. The van der Waals surface area contributed by atoms with Crippen LogP contribution >= 0.6 is 0 Å². The summed E-state index contributed by atoms with van der Waals surface area (Å²) >= 11 is 0. The number of hydrogen-bond acceptors (Lipinski definition) is 2. The number of rotatable bonds is 1. The van der Waals surface area contributed by atoms with Gasteiger partial charge in [0.05, 0.1) is 5.56 Å². The molecule has 1 heterocycles. The highest BCUT2D eigenvalue weighted by molar-refractivity contribution is 5.69. The van der Waals surface area contributed by atoms with E-state index < -0.39 is 11.7 Å². The van der Waals surface area contributed by atoms with E-state index in [0.717, 1.165) is 6.20 Å². The van der Waals surface area contributed by atoms with Crippen LogP contribution < -0.4 is 5.73 Å². The van der Waals surface area contributed by atoms with Gasteiger partial charge in [-0.2, -0.15) is 13.2 Å². The number of nitrogens with two attached hydrogens (primary N) is 1. The Labute approximate surface area is 95.9 Å². The third kappa shape index (κ3) is 2.38. The molecule has 2 rings (SSSR count). The predicted molar refractivity (Wildman–Crippen MR) is 59.1 cm³/mol. The van der Waals surface area contributed by atoms with Gasteiger partial charge < -0.3 is 5.73 Å². The van der Waals surface area contributed by atoms with Crippen molar-refractivity contribution in [1.82, 2.24) is 4.98 Å². The molecule has 0 aliphatic rings. The fourth-order valence-electron chi connectivity index (χ4n) is 1.55. The average Bonchev–Trinajstić information content (AvgIpc) is 2.28. The van der Waals surface area contributed by atoms with Gasteiger partial charge in [0.2, 0.25) is 0 Å². The van der Waals surface area contributed by atoms with E-state index in [-0.39, 0.29) is 11.4 Å². The first-order chi connectivity index (χ1) is 7.98. The highest BCUT2D eigenvalue weighted by Crippen LogP contribution is 2.37. The maximum atomic E-state index is 12.8. The van der Waals surface area contributed by atoms with Crippen molar-refractivity contribution in [3.8, 4) is 11.1 Å². The summed E-state index contributed by atoms with van der Waals surface area (Å²) in [5.41, 5.74) is 5.16. The van der Waals surface area contributed by atoms with Gasteiger partial charge in [-0.1, -0.05) is 30.3 Å². The second kappa shape index (κ2) is 4.08. The van der Waals surface area contributed by atoms with Crippen LogP contribution in [-0.2, 0) is 6.18 Å². The highest BCUT2D eigenvalue weighted by Gasteiger charge is 2.34. The van der Waals surface area contributed by atoms with Gasteiger partial charge in [-0.05, 0) is 17.2 Å². The van der Waals surface area contributed by atoms with Crippen molar-refractivity contribution >= 4 is 5.82 Å². The van der Waals surface area contributed by atoms with Gasteiger partial charge in [0, 0.05) is 6.20 Å². The molecule has 0 unspecified atom stereocenters. The van der Waals surface area contributed by atoms with E-state index in [4.69, 9.17) is 5.73 Å². The summed E-state index contributed by atoms with van der Waals surface area (Å²) in [6.45, 7) is 0. The fraction of sp³-hybridized carbons (Fsp3) is 0.0833. The number of benzene rings is 1. The second-order valence-corrected chi connectivity index (χ2v) is 3.52. The van der Waals surface area contributed by atoms with Gasteiger partial charge in [-0.3, -0.25) is 0 Å². The number of anilines is 1. The molecule has 0 bridgehead atoms. The molecule has 88 valence electrons. The van der Waals surface area contributed by atoms with Crippen molar-refractivity contribution in [2.45, 2.75) is 6.18 Å². The maximum Gasteiger partial charge on any atom is 0.418 e. The van der Waals surface area contributed by atoms with Crippen LogP contribution in [0.5, 0.6) is 0 Å². The first kappa shape index (κ1) is 11.4. The number of alkyl halides is 3. The van der Waals surface area contributed by atoms with Gasteiger partial charge in [-0.15, -0.1) is 0 Å². The summed E-state index contributed by atoms with van der Waals surface area (Å²) in [6, 6.07) is 9.52. The topological polar surface area (TPSA) is 38.9 Å². The van der Waals surface area contributed by atoms with E-state index in [1.54, 1.807) is 30.3 Å². The Balaban J connectivity index is 2.64. The predicted octanol–water partition coefficient (Wildman–Crippen LogP) is 3.35. The van der Waals surface area contributed by atoms with Gasteiger partial charge in [0.1, 0.15) is 5.82 Å². The largest absolute Gasteiger partial charge is 0.418 e. The van der Waals surface area contributed by atoms with Crippen molar-refractivity contribution < 1.29 is 13.2 Å². The molecule has 2 nitrogen and oxygen atoms in total. The summed E-state index contributed by atoms with van der Waals surface area (Å²) in [5, 5.41) is 0. The normalized spacial score (nSPS) is 11.5. The summed E-state index contributed by atoms with van der Waals surface area (Å²) < 4.78 is 38.4. The quantitative estimate of drug-likeness (QED) is 0.827. The van der Waals surface area contributed by atoms with E-state index in [1.165, 1.54) is 6.07 Å². The lowest BCUT2D eigenvalue weighted by atomic mass is 10.0. The Morgan fingerprint density at radius 1 is 1.06 bits per heavy atom. The third-order valence-electron chi connectivity index (χ3n) is 2.32. The Hall–Kier alpha value is -2.04. The van der Waals surface area contributed by atoms with Crippen LogP contribution in [0.2, 0.25) is 0 Å². The minimum absolute atomic E-state index is 0.0469. The van der Waals surface area contributed by atoms with Crippen LogP contribution in [0.15, 0.2) is 42.6 Å². The van der Waals surface area contributed by atoms with Gasteiger partial charge in [0.15, 0.2) is 0 Å².